The van der Waals surface area contributed by atoms with Gasteiger partial charge in [-0.05, 0) is 37.3 Å². The molecule has 0 saturated heterocycles. The molecule has 0 fully saturated rings. The predicted octanol–water partition coefficient (Wildman–Crippen LogP) is 3.44. The maximum atomic E-state index is 12.7. The van der Waals surface area contributed by atoms with Crippen LogP contribution < -0.4 is 10.6 Å². The summed E-state index contributed by atoms with van der Waals surface area (Å²) in [5.41, 5.74) is 1.45. The summed E-state index contributed by atoms with van der Waals surface area (Å²) < 4.78 is 0. The minimum atomic E-state index is -0.413. The molecule has 1 aromatic rings. The van der Waals surface area contributed by atoms with Crippen LogP contribution >= 0.6 is 0 Å². The number of anilines is 1. The van der Waals surface area contributed by atoms with E-state index in [9.17, 15) is 9.59 Å². The van der Waals surface area contributed by atoms with E-state index in [-0.39, 0.29) is 29.2 Å². The highest BCUT2D eigenvalue weighted by atomic mass is 16.2. The lowest BCUT2D eigenvalue weighted by molar-refractivity contribution is -0.127. The number of para-hydroxylation sites is 1. The van der Waals surface area contributed by atoms with E-state index < -0.39 is 5.92 Å². The van der Waals surface area contributed by atoms with Gasteiger partial charge in [-0.3, -0.25) is 9.59 Å². The summed E-state index contributed by atoms with van der Waals surface area (Å²) in [6.45, 7) is 10.5. The molecule has 0 aliphatic carbocycles. The van der Waals surface area contributed by atoms with Crippen LogP contribution in [0.4, 0.5) is 5.69 Å². The van der Waals surface area contributed by atoms with E-state index in [0.717, 1.165) is 17.7 Å². The molecule has 1 heterocycles. The van der Waals surface area contributed by atoms with Crippen molar-refractivity contribution in [2.24, 2.45) is 5.41 Å². The van der Waals surface area contributed by atoms with Crippen LogP contribution in [0.2, 0.25) is 0 Å². The van der Waals surface area contributed by atoms with Gasteiger partial charge in [0.05, 0.1) is 5.92 Å². The fraction of sp³-hybridized carbons (Fsp3) is 0.556. The molecule has 2 rings (SSSR count). The van der Waals surface area contributed by atoms with Gasteiger partial charge in [0.25, 0.3) is 0 Å². The minimum Gasteiger partial charge on any atom is -0.351 e. The monoisotopic (exact) mass is 302 g/mol. The zero-order valence-electron chi connectivity index (χ0n) is 14.1. The third kappa shape index (κ3) is 4.09. The van der Waals surface area contributed by atoms with Crippen LogP contribution in [-0.2, 0) is 9.59 Å². The molecule has 2 amide bonds. The molecule has 0 radical (unpaired) electrons. The van der Waals surface area contributed by atoms with Crippen molar-refractivity contribution in [1.29, 1.82) is 0 Å². The second-order valence-corrected chi connectivity index (χ2v) is 8.00. The summed E-state index contributed by atoms with van der Waals surface area (Å²) in [4.78, 5) is 24.6. The van der Waals surface area contributed by atoms with Crippen LogP contribution in [-0.4, -0.2) is 17.4 Å². The number of carbonyl (C=O) groups is 2. The summed E-state index contributed by atoms with van der Waals surface area (Å²) in [5, 5.41) is 5.95. The second-order valence-electron chi connectivity index (χ2n) is 8.00. The van der Waals surface area contributed by atoms with Crippen molar-refractivity contribution >= 4 is 17.5 Å². The Labute approximate surface area is 132 Å². The van der Waals surface area contributed by atoms with Crippen molar-refractivity contribution in [2.75, 3.05) is 5.32 Å². The van der Waals surface area contributed by atoms with Crippen LogP contribution in [0.5, 0.6) is 0 Å². The zero-order chi connectivity index (χ0) is 16.5. The summed E-state index contributed by atoms with van der Waals surface area (Å²) in [6.07, 6.45) is 1.07. The molecular formula is C18H26N2O2. The molecule has 1 atom stereocenters. The fourth-order valence-electron chi connectivity index (χ4n) is 3.44. The Hall–Kier alpha value is -1.84. The van der Waals surface area contributed by atoms with Gasteiger partial charge in [-0.1, -0.05) is 39.0 Å². The van der Waals surface area contributed by atoms with Crippen molar-refractivity contribution in [3.63, 3.8) is 0 Å². The lowest BCUT2D eigenvalue weighted by atomic mass is 9.81. The van der Waals surface area contributed by atoms with Gasteiger partial charge in [-0.25, -0.2) is 0 Å². The summed E-state index contributed by atoms with van der Waals surface area (Å²) >= 11 is 0. The number of benzene rings is 1. The molecule has 120 valence electrons. The number of fused-ring (bicyclic) bond motifs is 1. The van der Waals surface area contributed by atoms with E-state index in [2.05, 4.69) is 31.4 Å². The first-order chi connectivity index (χ1) is 10.1. The molecule has 0 saturated carbocycles. The minimum absolute atomic E-state index is 0.0726. The van der Waals surface area contributed by atoms with Gasteiger partial charge < -0.3 is 10.6 Å². The molecule has 4 nitrogen and oxygen atoms in total. The average molecular weight is 302 g/mol. The van der Waals surface area contributed by atoms with Gasteiger partial charge in [0.1, 0.15) is 0 Å². The molecule has 0 bridgehead atoms. The number of nitrogens with one attached hydrogen (secondary N) is 2. The molecule has 22 heavy (non-hydrogen) atoms. The molecule has 1 unspecified atom stereocenters. The van der Waals surface area contributed by atoms with Gasteiger partial charge in [-0.2, -0.15) is 0 Å². The molecule has 0 aromatic heterocycles. The quantitative estimate of drug-likeness (QED) is 0.898. The highest BCUT2D eigenvalue weighted by Gasteiger charge is 2.34. The van der Waals surface area contributed by atoms with Crippen LogP contribution in [0.25, 0.3) is 0 Å². The van der Waals surface area contributed by atoms with E-state index in [1.54, 1.807) is 0 Å². The first-order valence-electron chi connectivity index (χ1n) is 7.78. The standard InChI is InChI=1S/C18H26N2O2/c1-17(2,3)11-18(4,5)20-16(22)13-10-15(21)19-14-9-7-6-8-12(13)14/h6-9,13H,10-11H2,1-5H3,(H,19,21)(H,20,22). The summed E-state index contributed by atoms with van der Waals surface area (Å²) in [7, 11) is 0. The van der Waals surface area contributed by atoms with Crippen molar-refractivity contribution in [3.8, 4) is 0 Å². The average Bonchev–Trinajstić information content (AvgIpc) is 2.33. The maximum absolute atomic E-state index is 12.7. The maximum Gasteiger partial charge on any atom is 0.228 e. The fourth-order valence-corrected chi connectivity index (χ4v) is 3.44. The van der Waals surface area contributed by atoms with E-state index in [1.165, 1.54) is 0 Å². The first kappa shape index (κ1) is 16.5. The van der Waals surface area contributed by atoms with Gasteiger partial charge in [0, 0.05) is 17.6 Å². The van der Waals surface area contributed by atoms with E-state index in [0.29, 0.717) is 0 Å². The Bertz CT molecular complexity index is 585. The van der Waals surface area contributed by atoms with Crippen LogP contribution in [0, 0.1) is 5.41 Å². The summed E-state index contributed by atoms with van der Waals surface area (Å²) in [6, 6.07) is 7.52. The first-order valence-corrected chi connectivity index (χ1v) is 7.78. The molecule has 1 aliphatic heterocycles. The largest absolute Gasteiger partial charge is 0.351 e. The van der Waals surface area contributed by atoms with Crippen molar-refractivity contribution in [1.82, 2.24) is 5.32 Å². The topological polar surface area (TPSA) is 58.2 Å². The van der Waals surface area contributed by atoms with Crippen molar-refractivity contribution in [2.45, 2.75) is 58.9 Å². The van der Waals surface area contributed by atoms with Crippen LogP contribution in [0.15, 0.2) is 24.3 Å². The Balaban J connectivity index is 2.18. The van der Waals surface area contributed by atoms with Crippen molar-refractivity contribution in [3.05, 3.63) is 29.8 Å². The van der Waals surface area contributed by atoms with E-state index in [4.69, 9.17) is 0 Å². The van der Waals surface area contributed by atoms with Gasteiger partial charge in [-0.15, -0.1) is 0 Å². The third-order valence-corrected chi connectivity index (χ3v) is 3.75. The smallest absolute Gasteiger partial charge is 0.228 e. The molecule has 1 aliphatic rings. The lowest BCUT2D eigenvalue weighted by Crippen LogP contribution is -2.48. The molecule has 4 heteroatoms. The number of rotatable bonds is 3. The van der Waals surface area contributed by atoms with Crippen LogP contribution in [0.1, 0.15) is 58.9 Å². The van der Waals surface area contributed by atoms with Gasteiger partial charge in [0.15, 0.2) is 0 Å². The highest BCUT2D eigenvalue weighted by molar-refractivity contribution is 6.01. The number of carbonyl (C=O) groups excluding carboxylic acids is 2. The highest BCUT2D eigenvalue weighted by Crippen LogP contribution is 2.33. The summed E-state index contributed by atoms with van der Waals surface area (Å²) in [5.74, 6) is -0.590. The molecule has 1 aromatic carbocycles. The van der Waals surface area contributed by atoms with Crippen LogP contribution in [0.3, 0.4) is 0 Å². The Kier molecular flexibility index (Phi) is 4.32. The lowest BCUT2D eigenvalue weighted by Gasteiger charge is -2.35. The Morgan fingerprint density at radius 3 is 2.50 bits per heavy atom. The third-order valence-electron chi connectivity index (χ3n) is 3.75. The normalized spacial score (nSPS) is 18.4. The Morgan fingerprint density at radius 2 is 1.86 bits per heavy atom. The second kappa shape index (κ2) is 5.75. The van der Waals surface area contributed by atoms with Crippen molar-refractivity contribution < 1.29 is 9.59 Å². The number of amides is 2. The van der Waals surface area contributed by atoms with Gasteiger partial charge >= 0.3 is 0 Å². The number of hydrogen-bond donors (Lipinski definition) is 2. The zero-order valence-corrected chi connectivity index (χ0v) is 14.1. The molecule has 2 N–H and O–H groups in total. The SMILES string of the molecule is CC(C)(C)CC(C)(C)NC(=O)C1CC(=O)Nc2ccccc21. The molecule has 0 spiro atoms. The van der Waals surface area contributed by atoms with E-state index in [1.807, 2.05) is 38.1 Å². The number of hydrogen-bond acceptors (Lipinski definition) is 2. The molecular weight excluding hydrogens is 276 g/mol. The van der Waals surface area contributed by atoms with E-state index >= 15 is 0 Å². The predicted molar refractivity (Wildman–Crippen MR) is 88.7 cm³/mol. The van der Waals surface area contributed by atoms with Gasteiger partial charge in [0.2, 0.25) is 11.8 Å². The Morgan fingerprint density at radius 1 is 1.23 bits per heavy atom.